The second kappa shape index (κ2) is 11.3. The Bertz CT molecular complexity index is 1600. The molecule has 0 aliphatic heterocycles. The Hall–Kier alpha value is -4.48. The van der Waals surface area contributed by atoms with Crippen LogP contribution in [0.25, 0.3) is 11.3 Å². The Balaban J connectivity index is 1.40. The first-order valence-corrected chi connectivity index (χ1v) is 13.3. The van der Waals surface area contributed by atoms with Gasteiger partial charge in [0.15, 0.2) is 0 Å². The third kappa shape index (κ3) is 6.44. The molecular formula is C26H21ClN4O6S. The molecule has 3 aromatic carbocycles. The van der Waals surface area contributed by atoms with Gasteiger partial charge in [0.25, 0.3) is 11.6 Å². The van der Waals surface area contributed by atoms with Crippen LogP contribution < -0.4 is 9.73 Å². The predicted molar refractivity (Wildman–Crippen MR) is 145 cm³/mol. The molecule has 0 bridgehead atoms. The molecule has 0 unspecified atom stereocenters. The van der Waals surface area contributed by atoms with Gasteiger partial charge in [-0.25, -0.2) is 13.8 Å². The minimum absolute atomic E-state index is 0.0255. The number of anilines is 1. The highest BCUT2D eigenvalue weighted by molar-refractivity contribution is 7.92. The highest BCUT2D eigenvalue weighted by atomic mass is 35.5. The number of nitrogens with one attached hydrogen (secondary N) is 1. The van der Waals surface area contributed by atoms with Crippen molar-refractivity contribution in [2.45, 2.75) is 6.54 Å². The first-order valence-electron chi connectivity index (χ1n) is 11.1. The molecule has 10 nitrogen and oxygen atoms in total. The van der Waals surface area contributed by atoms with Crippen molar-refractivity contribution in [1.82, 2.24) is 5.43 Å². The molecule has 4 aromatic rings. The van der Waals surface area contributed by atoms with Crippen LogP contribution in [-0.2, 0) is 16.6 Å². The Morgan fingerprint density at radius 3 is 2.37 bits per heavy atom. The standard InChI is InChI=1S/C26H21ClN4O6S/c1-38(35,36)30(17-20-4-2-3-5-24(20)27)21-10-8-19(9-11-21)26(32)29-28-16-23-14-15-25(37-23)18-6-12-22(13-7-18)31(33)34/h2-16H,17H2,1H3,(H,29,32)/b28-16-. The number of non-ortho nitro benzene ring substituents is 1. The van der Waals surface area contributed by atoms with E-state index in [1.54, 1.807) is 48.5 Å². The lowest BCUT2D eigenvalue weighted by Crippen LogP contribution is -2.29. The quantitative estimate of drug-likeness (QED) is 0.171. The molecule has 38 heavy (non-hydrogen) atoms. The molecule has 0 fully saturated rings. The SMILES string of the molecule is CS(=O)(=O)N(Cc1ccccc1Cl)c1ccc(C(=O)N/N=C\c2ccc(-c3ccc([N+](=O)[O-])cc3)o2)cc1. The van der Waals surface area contributed by atoms with Crippen LogP contribution in [0.1, 0.15) is 21.7 Å². The number of hydrogen-bond donors (Lipinski definition) is 1. The highest BCUT2D eigenvalue weighted by Gasteiger charge is 2.19. The molecular weight excluding hydrogens is 532 g/mol. The van der Waals surface area contributed by atoms with E-state index in [9.17, 15) is 23.3 Å². The zero-order valence-corrected chi connectivity index (χ0v) is 21.5. The minimum atomic E-state index is -3.62. The second-order valence-corrected chi connectivity index (χ2v) is 10.4. The largest absolute Gasteiger partial charge is 0.455 e. The lowest BCUT2D eigenvalue weighted by Gasteiger charge is -2.23. The summed E-state index contributed by atoms with van der Waals surface area (Å²) in [7, 11) is -3.62. The van der Waals surface area contributed by atoms with Crippen molar-refractivity contribution >= 4 is 45.1 Å². The first kappa shape index (κ1) is 26.6. The van der Waals surface area contributed by atoms with Crippen LogP contribution in [0.3, 0.4) is 0 Å². The number of benzene rings is 3. The highest BCUT2D eigenvalue weighted by Crippen LogP contribution is 2.25. The molecule has 194 valence electrons. The lowest BCUT2D eigenvalue weighted by atomic mass is 10.1. The molecule has 0 aliphatic carbocycles. The van der Waals surface area contributed by atoms with Gasteiger partial charge in [0.1, 0.15) is 11.5 Å². The third-order valence-corrected chi connectivity index (χ3v) is 6.95. The van der Waals surface area contributed by atoms with Gasteiger partial charge in [0.2, 0.25) is 10.0 Å². The Morgan fingerprint density at radius 1 is 1.05 bits per heavy atom. The van der Waals surface area contributed by atoms with Crippen molar-refractivity contribution in [2.75, 3.05) is 10.6 Å². The van der Waals surface area contributed by atoms with E-state index >= 15 is 0 Å². The summed E-state index contributed by atoms with van der Waals surface area (Å²) in [5, 5.41) is 15.1. The number of halogens is 1. The summed E-state index contributed by atoms with van der Waals surface area (Å²) in [4.78, 5) is 22.8. The number of sulfonamides is 1. The summed E-state index contributed by atoms with van der Waals surface area (Å²) >= 11 is 6.20. The van der Waals surface area contributed by atoms with Crippen LogP contribution in [-0.4, -0.2) is 31.7 Å². The topological polar surface area (TPSA) is 135 Å². The van der Waals surface area contributed by atoms with E-state index in [1.165, 1.54) is 46.9 Å². The third-order valence-electron chi connectivity index (χ3n) is 5.44. The number of hydrazone groups is 1. The van der Waals surface area contributed by atoms with E-state index in [-0.39, 0.29) is 17.8 Å². The molecule has 0 radical (unpaired) electrons. The van der Waals surface area contributed by atoms with Gasteiger partial charge in [-0.15, -0.1) is 0 Å². The van der Waals surface area contributed by atoms with Gasteiger partial charge in [0.05, 0.1) is 29.6 Å². The molecule has 1 N–H and O–H groups in total. The summed E-state index contributed by atoms with van der Waals surface area (Å²) < 4.78 is 31.7. The average Bonchev–Trinajstić information content (AvgIpc) is 3.36. The minimum Gasteiger partial charge on any atom is -0.455 e. The Labute approximate surface area is 223 Å². The van der Waals surface area contributed by atoms with Gasteiger partial charge in [-0.2, -0.15) is 5.10 Å². The van der Waals surface area contributed by atoms with Crippen LogP contribution in [0.2, 0.25) is 5.02 Å². The molecule has 0 saturated carbocycles. The van der Waals surface area contributed by atoms with Gasteiger partial charge in [-0.1, -0.05) is 29.8 Å². The zero-order valence-electron chi connectivity index (χ0n) is 19.9. The number of amides is 1. The van der Waals surface area contributed by atoms with Crippen molar-refractivity contribution in [2.24, 2.45) is 5.10 Å². The number of nitrogens with zero attached hydrogens (tertiary/aromatic N) is 3. The summed E-state index contributed by atoms with van der Waals surface area (Å²) in [6.45, 7) is 0.0410. The van der Waals surface area contributed by atoms with E-state index in [0.29, 0.717) is 33.4 Å². The maximum atomic E-state index is 12.5. The van der Waals surface area contributed by atoms with Crippen molar-refractivity contribution < 1.29 is 22.6 Å². The number of carbonyl (C=O) groups is 1. The molecule has 1 amide bonds. The number of carbonyl (C=O) groups excluding carboxylic acids is 1. The smallest absolute Gasteiger partial charge is 0.271 e. The molecule has 0 spiro atoms. The van der Waals surface area contributed by atoms with Crippen LogP contribution >= 0.6 is 11.6 Å². The fourth-order valence-corrected chi connectivity index (χ4v) is 4.58. The molecule has 0 saturated heterocycles. The zero-order chi connectivity index (χ0) is 27.3. The molecule has 12 heteroatoms. The molecule has 4 rings (SSSR count). The van der Waals surface area contributed by atoms with Crippen LogP contribution in [0, 0.1) is 10.1 Å². The second-order valence-electron chi connectivity index (χ2n) is 8.11. The summed E-state index contributed by atoms with van der Waals surface area (Å²) in [6.07, 6.45) is 2.41. The Kier molecular flexibility index (Phi) is 7.89. The van der Waals surface area contributed by atoms with Gasteiger partial charge in [-0.05, 0) is 60.2 Å². The van der Waals surface area contributed by atoms with E-state index in [2.05, 4.69) is 10.5 Å². The van der Waals surface area contributed by atoms with Crippen LogP contribution in [0.15, 0.2) is 94.4 Å². The van der Waals surface area contributed by atoms with E-state index in [4.69, 9.17) is 16.0 Å². The monoisotopic (exact) mass is 552 g/mol. The fourth-order valence-electron chi connectivity index (χ4n) is 3.50. The van der Waals surface area contributed by atoms with E-state index in [1.807, 2.05) is 0 Å². The fraction of sp³-hybridized carbons (Fsp3) is 0.0769. The number of furan rings is 1. The predicted octanol–water partition coefficient (Wildman–Crippen LogP) is 5.24. The molecule has 1 heterocycles. The van der Waals surface area contributed by atoms with Gasteiger partial charge in [-0.3, -0.25) is 19.2 Å². The van der Waals surface area contributed by atoms with Crippen molar-refractivity contribution in [3.63, 3.8) is 0 Å². The lowest BCUT2D eigenvalue weighted by molar-refractivity contribution is -0.384. The van der Waals surface area contributed by atoms with Gasteiger partial charge in [0, 0.05) is 28.3 Å². The van der Waals surface area contributed by atoms with Crippen molar-refractivity contribution in [3.8, 4) is 11.3 Å². The molecule has 1 aromatic heterocycles. The van der Waals surface area contributed by atoms with Crippen molar-refractivity contribution in [3.05, 3.63) is 117 Å². The van der Waals surface area contributed by atoms with Gasteiger partial charge >= 0.3 is 0 Å². The van der Waals surface area contributed by atoms with Crippen LogP contribution in [0.5, 0.6) is 0 Å². The summed E-state index contributed by atoms with van der Waals surface area (Å²) in [5.41, 5.74) is 4.30. The average molecular weight is 553 g/mol. The number of rotatable bonds is 9. The maximum Gasteiger partial charge on any atom is 0.271 e. The normalized spacial score (nSPS) is 11.4. The summed E-state index contributed by atoms with van der Waals surface area (Å²) in [6, 6.07) is 22.2. The summed E-state index contributed by atoms with van der Waals surface area (Å²) in [5.74, 6) is 0.333. The number of hydrogen-bond acceptors (Lipinski definition) is 7. The Morgan fingerprint density at radius 2 is 1.74 bits per heavy atom. The maximum absolute atomic E-state index is 12.5. The van der Waals surface area contributed by atoms with Crippen LogP contribution in [0.4, 0.5) is 11.4 Å². The van der Waals surface area contributed by atoms with E-state index < -0.39 is 20.9 Å². The number of nitro groups is 1. The van der Waals surface area contributed by atoms with E-state index in [0.717, 1.165) is 6.26 Å². The first-order chi connectivity index (χ1) is 18.1. The van der Waals surface area contributed by atoms with Crippen molar-refractivity contribution in [1.29, 1.82) is 0 Å². The molecule has 0 aliphatic rings. The van der Waals surface area contributed by atoms with Gasteiger partial charge < -0.3 is 4.42 Å². The number of nitro benzene ring substituents is 1. The molecule has 0 atom stereocenters.